The van der Waals surface area contributed by atoms with Crippen LogP contribution in [0.25, 0.3) is 0 Å². The van der Waals surface area contributed by atoms with E-state index in [1.54, 1.807) is 6.92 Å². The van der Waals surface area contributed by atoms with Crippen LogP contribution in [0.4, 0.5) is 13.2 Å². The molecule has 1 aromatic heterocycles. The van der Waals surface area contributed by atoms with Crippen LogP contribution in [0.2, 0.25) is 0 Å². The number of thiazole rings is 1. The van der Waals surface area contributed by atoms with E-state index in [0.29, 0.717) is 28.9 Å². The number of likely N-dealkylation sites (tertiary alicyclic amines) is 1. The second-order valence-corrected chi connectivity index (χ2v) is 5.92. The molecule has 3 nitrogen and oxygen atoms in total. The largest absolute Gasteiger partial charge is 0.434 e. The van der Waals surface area contributed by atoms with Gasteiger partial charge in [0, 0.05) is 13.1 Å². The Labute approximate surface area is 120 Å². The van der Waals surface area contributed by atoms with Gasteiger partial charge in [-0.15, -0.1) is 23.7 Å². The first-order valence-corrected chi connectivity index (χ1v) is 6.67. The number of hydrogen-bond acceptors (Lipinski definition) is 4. The van der Waals surface area contributed by atoms with Crippen molar-refractivity contribution in [3.63, 3.8) is 0 Å². The average molecular weight is 316 g/mol. The molecule has 2 rings (SSSR count). The zero-order valence-electron chi connectivity index (χ0n) is 10.5. The topological polar surface area (TPSA) is 42.2 Å². The molecular weight excluding hydrogens is 299 g/mol. The van der Waals surface area contributed by atoms with Gasteiger partial charge in [-0.3, -0.25) is 4.90 Å². The van der Waals surface area contributed by atoms with Crippen LogP contribution in [-0.4, -0.2) is 29.5 Å². The number of halogens is 4. The molecule has 0 spiro atoms. The number of nitrogens with zero attached hydrogens (tertiary/aromatic N) is 2. The van der Waals surface area contributed by atoms with Gasteiger partial charge >= 0.3 is 6.18 Å². The van der Waals surface area contributed by atoms with E-state index in [1.165, 1.54) is 0 Å². The van der Waals surface area contributed by atoms with Crippen molar-refractivity contribution in [1.82, 2.24) is 9.88 Å². The minimum Gasteiger partial charge on any atom is -0.330 e. The Bertz CT molecular complexity index is 422. The molecule has 0 amide bonds. The molecule has 1 aromatic rings. The third-order valence-corrected chi connectivity index (χ3v) is 4.10. The Balaban J connectivity index is 0.00000180. The van der Waals surface area contributed by atoms with Crippen LogP contribution in [0.15, 0.2) is 0 Å². The first-order chi connectivity index (χ1) is 8.40. The van der Waals surface area contributed by atoms with Crippen LogP contribution >= 0.6 is 23.7 Å². The second-order valence-electron chi connectivity index (χ2n) is 4.63. The lowest BCUT2D eigenvalue weighted by molar-refractivity contribution is -0.141. The quantitative estimate of drug-likeness (QED) is 0.932. The van der Waals surface area contributed by atoms with Crippen LogP contribution < -0.4 is 5.73 Å². The standard InChI is InChI=1S/C11H16F3N3S.ClH/c1-7-16-10(11(12,13)14)9(18-7)6-17-3-2-8(4-15)5-17;/h8H,2-6,15H2,1H3;1H. The molecule has 8 heteroatoms. The van der Waals surface area contributed by atoms with Crippen molar-refractivity contribution in [2.24, 2.45) is 11.7 Å². The summed E-state index contributed by atoms with van der Waals surface area (Å²) < 4.78 is 38.4. The van der Waals surface area contributed by atoms with Crippen molar-refractivity contribution in [3.8, 4) is 0 Å². The lowest BCUT2D eigenvalue weighted by atomic mass is 10.1. The highest BCUT2D eigenvalue weighted by Gasteiger charge is 2.37. The molecule has 0 bridgehead atoms. The van der Waals surface area contributed by atoms with E-state index >= 15 is 0 Å². The molecule has 1 saturated heterocycles. The third kappa shape index (κ3) is 4.05. The Morgan fingerprint density at radius 1 is 1.47 bits per heavy atom. The van der Waals surface area contributed by atoms with Crippen molar-refractivity contribution in [2.75, 3.05) is 19.6 Å². The molecule has 0 saturated carbocycles. The Morgan fingerprint density at radius 2 is 2.16 bits per heavy atom. The zero-order chi connectivity index (χ0) is 13.3. The molecule has 110 valence electrons. The summed E-state index contributed by atoms with van der Waals surface area (Å²) in [6.45, 7) is 4.14. The lowest BCUT2D eigenvalue weighted by Gasteiger charge is -2.15. The normalized spacial score (nSPS) is 20.6. The number of alkyl halides is 3. The summed E-state index contributed by atoms with van der Waals surface area (Å²) in [5, 5.41) is 0.465. The molecule has 2 heterocycles. The molecule has 0 aliphatic carbocycles. The van der Waals surface area contributed by atoms with E-state index in [4.69, 9.17) is 5.73 Å². The molecule has 0 aromatic carbocycles. The van der Waals surface area contributed by atoms with Crippen molar-refractivity contribution < 1.29 is 13.2 Å². The van der Waals surface area contributed by atoms with Crippen molar-refractivity contribution >= 4 is 23.7 Å². The monoisotopic (exact) mass is 315 g/mol. The number of aryl methyl sites for hydroxylation is 1. The SMILES string of the molecule is Cc1nc(C(F)(F)F)c(CN2CCC(CN)C2)s1.Cl. The maximum absolute atomic E-state index is 12.8. The first-order valence-electron chi connectivity index (χ1n) is 5.86. The van der Waals surface area contributed by atoms with Gasteiger partial charge in [0.1, 0.15) is 0 Å². The highest BCUT2D eigenvalue weighted by atomic mass is 35.5. The van der Waals surface area contributed by atoms with Crippen molar-refractivity contribution in [1.29, 1.82) is 0 Å². The van der Waals surface area contributed by atoms with Crippen LogP contribution in [-0.2, 0) is 12.7 Å². The zero-order valence-corrected chi connectivity index (χ0v) is 12.2. The molecule has 0 radical (unpaired) electrons. The van der Waals surface area contributed by atoms with Gasteiger partial charge in [0.05, 0.1) is 9.88 Å². The number of hydrogen-bond donors (Lipinski definition) is 1. The molecular formula is C11H17ClF3N3S. The summed E-state index contributed by atoms with van der Waals surface area (Å²) in [4.78, 5) is 5.95. The number of aromatic nitrogens is 1. The van der Waals surface area contributed by atoms with E-state index in [1.807, 2.05) is 4.90 Å². The number of nitrogens with two attached hydrogens (primary N) is 1. The fourth-order valence-electron chi connectivity index (χ4n) is 2.25. The van der Waals surface area contributed by atoms with Gasteiger partial charge < -0.3 is 5.73 Å². The summed E-state index contributed by atoms with van der Waals surface area (Å²) in [6.07, 6.45) is -3.39. The summed E-state index contributed by atoms with van der Waals surface area (Å²) in [5.41, 5.74) is 4.86. The molecule has 1 fully saturated rings. The molecule has 1 unspecified atom stereocenters. The van der Waals surface area contributed by atoms with E-state index in [2.05, 4.69) is 4.98 Å². The highest BCUT2D eigenvalue weighted by molar-refractivity contribution is 7.11. The minimum atomic E-state index is -4.35. The summed E-state index contributed by atoms with van der Waals surface area (Å²) in [7, 11) is 0. The van der Waals surface area contributed by atoms with Gasteiger partial charge in [0.25, 0.3) is 0 Å². The third-order valence-electron chi connectivity index (χ3n) is 3.14. The Morgan fingerprint density at radius 3 is 2.68 bits per heavy atom. The highest BCUT2D eigenvalue weighted by Crippen LogP contribution is 2.35. The van der Waals surface area contributed by atoms with Crippen LogP contribution in [0.1, 0.15) is 22.0 Å². The summed E-state index contributed by atoms with van der Waals surface area (Å²) in [5.74, 6) is 0.411. The summed E-state index contributed by atoms with van der Waals surface area (Å²) >= 11 is 1.13. The predicted molar refractivity (Wildman–Crippen MR) is 71.5 cm³/mol. The van der Waals surface area contributed by atoms with E-state index < -0.39 is 11.9 Å². The first kappa shape index (κ1) is 16.7. The smallest absolute Gasteiger partial charge is 0.330 e. The Kier molecular flexibility index (Phi) is 5.61. The average Bonchev–Trinajstić information content (AvgIpc) is 2.85. The fourth-order valence-corrected chi connectivity index (χ4v) is 3.25. The van der Waals surface area contributed by atoms with Crippen LogP contribution in [0, 0.1) is 12.8 Å². The predicted octanol–water partition coefficient (Wildman–Crippen LogP) is 2.67. The summed E-state index contributed by atoms with van der Waals surface area (Å²) in [6, 6.07) is 0. The van der Waals surface area contributed by atoms with Gasteiger partial charge in [-0.1, -0.05) is 0 Å². The maximum Gasteiger partial charge on any atom is 0.434 e. The minimum absolute atomic E-state index is 0. The van der Waals surface area contributed by atoms with Crippen LogP contribution in [0.5, 0.6) is 0 Å². The van der Waals surface area contributed by atoms with Crippen LogP contribution in [0.3, 0.4) is 0 Å². The fraction of sp³-hybridized carbons (Fsp3) is 0.727. The molecule has 1 aliphatic rings. The molecule has 1 atom stereocenters. The van der Waals surface area contributed by atoms with E-state index in [-0.39, 0.29) is 12.4 Å². The Hall–Kier alpha value is -0.370. The van der Waals surface area contributed by atoms with Gasteiger partial charge in [-0.05, 0) is 32.4 Å². The van der Waals surface area contributed by atoms with Gasteiger partial charge in [0.15, 0.2) is 5.69 Å². The van der Waals surface area contributed by atoms with Gasteiger partial charge in [-0.2, -0.15) is 13.2 Å². The second kappa shape index (κ2) is 6.39. The lowest BCUT2D eigenvalue weighted by Crippen LogP contribution is -2.23. The van der Waals surface area contributed by atoms with Crippen molar-refractivity contribution in [3.05, 3.63) is 15.6 Å². The number of rotatable bonds is 3. The van der Waals surface area contributed by atoms with Gasteiger partial charge in [-0.25, -0.2) is 4.98 Å². The maximum atomic E-state index is 12.8. The van der Waals surface area contributed by atoms with E-state index in [0.717, 1.165) is 30.8 Å². The molecule has 2 N–H and O–H groups in total. The molecule has 1 aliphatic heterocycles. The molecule has 19 heavy (non-hydrogen) atoms. The van der Waals surface area contributed by atoms with Crippen molar-refractivity contribution in [2.45, 2.75) is 26.1 Å². The van der Waals surface area contributed by atoms with Gasteiger partial charge in [0.2, 0.25) is 0 Å². The van der Waals surface area contributed by atoms with E-state index in [9.17, 15) is 13.2 Å².